The number of hydrogen-bond donors (Lipinski definition) is 1. The van der Waals surface area contributed by atoms with E-state index in [1.165, 1.54) is 0 Å². The third-order valence-electron chi connectivity index (χ3n) is 7.34. The van der Waals surface area contributed by atoms with Gasteiger partial charge in [-0.15, -0.1) is 0 Å². The first-order valence-electron chi connectivity index (χ1n) is 12.7. The summed E-state index contributed by atoms with van der Waals surface area (Å²) in [5, 5.41) is 3.06. The lowest BCUT2D eigenvalue weighted by atomic mass is 10.0. The average Bonchev–Trinajstić information content (AvgIpc) is 3.34. The number of rotatable bonds is 8. The molecular formula is C28H38N4O4. The Morgan fingerprint density at radius 1 is 0.944 bits per heavy atom. The van der Waals surface area contributed by atoms with Crippen molar-refractivity contribution in [2.24, 2.45) is 0 Å². The van der Waals surface area contributed by atoms with Crippen LogP contribution in [0, 0.1) is 13.8 Å². The van der Waals surface area contributed by atoms with Crippen LogP contribution in [0.1, 0.15) is 35.6 Å². The SMILES string of the molecule is COc1ccc([C@H]2CCCN2CC(=O)N2CCN(CC(=O)Nc3c(C)cccc3C)CC2)c(OC)c1. The molecule has 0 saturated carbocycles. The first-order chi connectivity index (χ1) is 17.4. The van der Waals surface area contributed by atoms with Crippen LogP contribution in [0.3, 0.4) is 0 Å². The third kappa shape index (κ3) is 5.99. The van der Waals surface area contributed by atoms with Crippen molar-refractivity contribution in [2.75, 3.05) is 65.3 Å². The smallest absolute Gasteiger partial charge is 0.238 e. The van der Waals surface area contributed by atoms with E-state index in [9.17, 15) is 9.59 Å². The van der Waals surface area contributed by atoms with Crippen molar-refractivity contribution in [1.29, 1.82) is 0 Å². The van der Waals surface area contributed by atoms with Crippen molar-refractivity contribution >= 4 is 17.5 Å². The number of nitrogens with one attached hydrogen (secondary N) is 1. The minimum atomic E-state index is -0.0134. The molecule has 2 aromatic carbocycles. The Morgan fingerprint density at radius 2 is 1.67 bits per heavy atom. The van der Waals surface area contributed by atoms with Crippen LogP contribution in [0.4, 0.5) is 5.69 Å². The number of piperazine rings is 1. The van der Waals surface area contributed by atoms with E-state index in [1.54, 1.807) is 14.2 Å². The Labute approximate surface area is 214 Å². The molecule has 2 heterocycles. The maximum absolute atomic E-state index is 13.2. The predicted molar refractivity (Wildman–Crippen MR) is 141 cm³/mol. The maximum Gasteiger partial charge on any atom is 0.238 e. The van der Waals surface area contributed by atoms with E-state index in [2.05, 4.69) is 15.1 Å². The van der Waals surface area contributed by atoms with Gasteiger partial charge in [0.1, 0.15) is 11.5 Å². The van der Waals surface area contributed by atoms with Crippen molar-refractivity contribution in [3.63, 3.8) is 0 Å². The molecule has 8 nitrogen and oxygen atoms in total. The summed E-state index contributed by atoms with van der Waals surface area (Å²) in [5.41, 5.74) is 4.12. The average molecular weight is 495 g/mol. The lowest BCUT2D eigenvalue weighted by molar-refractivity contribution is -0.134. The normalized spacial score (nSPS) is 18.8. The first kappa shape index (κ1) is 26.0. The summed E-state index contributed by atoms with van der Waals surface area (Å²) in [6, 6.07) is 12.1. The van der Waals surface area contributed by atoms with Crippen LogP contribution >= 0.6 is 0 Å². The Hall–Kier alpha value is -3.10. The van der Waals surface area contributed by atoms with Crippen LogP contribution in [-0.2, 0) is 9.59 Å². The van der Waals surface area contributed by atoms with Gasteiger partial charge in [-0.25, -0.2) is 0 Å². The molecule has 0 aliphatic carbocycles. The van der Waals surface area contributed by atoms with Gasteiger partial charge >= 0.3 is 0 Å². The maximum atomic E-state index is 13.2. The molecule has 2 aromatic rings. The Kier molecular flexibility index (Phi) is 8.48. The number of carbonyl (C=O) groups excluding carboxylic acids is 2. The van der Waals surface area contributed by atoms with Gasteiger partial charge < -0.3 is 19.7 Å². The fraction of sp³-hybridized carbons (Fsp3) is 0.500. The monoisotopic (exact) mass is 494 g/mol. The lowest BCUT2D eigenvalue weighted by Crippen LogP contribution is -2.52. The summed E-state index contributed by atoms with van der Waals surface area (Å²) in [7, 11) is 3.32. The molecule has 2 fully saturated rings. The molecule has 194 valence electrons. The molecule has 2 amide bonds. The van der Waals surface area contributed by atoms with Gasteiger partial charge in [0.15, 0.2) is 0 Å². The molecule has 0 unspecified atom stereocenters. The molecule has 2 aliphatic rings. The van der Waals surface area contributed by atoms with E-state index in [0.29, 0.717) is 39.3 Å². The van der Waals surface area contributed by atoms with Crippen LogP contribution in [0.25, 0.3) is 0 Å². The summed E-state index contributed by atoms with van der Waals surface area (Å²) < 4.78 is 11.0. The summed E-state index contributed by atoms with van der Waals surface area (Å²) in [4.78, 5) is 32.1. The minimum absolute atomic E-state index is 0.0134. The van der Waals surface area contributed by atoms with Crippen molar-refractivity contribution in [2.45, 2.75) is 32.7 Å². The highest BCUT2D eigenvalue weighted by Gasteiger charge is 2.32. The molecule has 0 aromatic heterocycles. The largest absolute Gasteiger partial charge is 0.497 e. The number of aryl methyl sites for hydroxylation is 2. The Bertz CT molecular complexity index is 1060. The van der Waals surface area contributed by atoms with Crippen LogP contribution in [0.15, 0.2) is 36.4 Å². The predicted octanol–water partition coefficient (Wildman–Crippen LogP) is 3.24. The second-order valence-corrected chi connectivity index (χ2v) is 9.71. The van der Waals surface area contributed by atoms with E-state index in [4.69, 9.17) is 9.47 Å². The molecule has 4 rings (SSSR count). The molecule has 2 saturated heterocycles. The number of anilines is 1. The fourth-order valence-corrected chi connectivity index (χ4v) is 5.28. The number of likely N-dealkylation sites (tertiary alicyclic amines) is 1. The molecule has 2 aliphatic heterocycles. The van der Waals surface area contributed by atoms with E-state index < -0.39 is 0 Å². The molecule has 36 heavy (non-hydrogen) atoms. The zero-order valence-electron chi connectivity index (χ0n) is 21.9. The summed E-state index contributed by atoms with van der Waals surface area (Å²) in [6.07, 6.45) is 2.05. The number of nitrogens with zero attached hydrogens (tertiary/aromatic N) is 3. The Balaban J connectivity index is 1.28. The summed E-state index contributed by atoms with van der Waals surface area (Å²) in [5.74, 6) is 1.69. The number of carbonyl (C=O) groups is 2. The minimum Gasteiger partial charge on any atom is -0.497 e. The molecule has 1 atom stereocenters. The second-order valence-electron chi connectivity index (χ2n) is 9.71. The zero-order chi connectivity index (χ0) is 25.7. The van der Waals surface area contributed by atoms with Gasteiger partial charge in [0.2, 0.25) is 11.8 Å². The molecule has 0 radical (unpaired) electrons. The van der Waals surface area contributed by atoms with Crippen LogP contribution < -0.4 is 14.8 Å². The van der Waals surface area contributed by atoms with Gasteiger partial charge in [0.25, 0.3) is 0 Å². The number of methoxy groups -OCH3 is 2. The molecule has 0 spiro atoms. The van der Waals surface area contributed by atoms with Crippen molar-refractivity contribution in [1.82, 2.24) is 14.7 Å². The topological polar surface area (TPSA) is 74.4 Å². The summed E-state index contributed by atoms with van der Waals surface area (Å²) >= 11 is 0. The van der Waals surface area contributed by atoms with Gasteiger partial charge in [-0.3, -0.25) is 19.4 Å². The third-order valence-corrected chi connectivity index (χ3v) is 7.34. The highest BCUT2D eigenvalue weighted by atomic mass is 16.5. The Morgan fingerprint density at radius 3 is 2.33 bits per heavy atom. The van der Waals surface area contributed by atoms with Gasteiger partial charge in [-0.05, 0) is 50.4 Å². The highest BCUT2D eigenvalue weighted by molar-refractivity contribution is 5.93. The van der Waals surface area contributed by atoms with Crippen LogP contribution in [-0.4, -0.2) is 86.5 Å². The number of para-hydroxylation sites is 1. The molecule has 1 N–H and O–H groups in total. The van der Waals surface area contributed by atoms with E-state index in [-0.39, 0.29) is 17.9 Å². The van der Waals surface area contributed by atoms with Gasteiger partial charge in [-0.1, -0.05) is 24.3 Å². The zero-order valence-corrected chi connectivity index (χ0v) is 21.9. The number of amides is 2. The first-order valence-corrected chi connectivity index (χ1v) is 12.7. The van der Waals surface area contributed by atoms with Crippen LogP contribution in [0.5, 0.6) is 11.5 Å². The van der Waals surface area contributed by atoms with Gasteiger partial charge in [0, 0.05) is 49.5 Å². The summed E-state index contributed by atoms with van der Waals surface area (Å²) in [6.45, 7) is 8.30. The van der Waals surface area contributed by atoms with Crippen LogP contribution in [0.2, 0.25) is 0 Å². The number of ether oxygens (including phenoxy) is 2. The van der Waals surface area contributed by atoms with E-state index in [0.717, 1.165) is 53.3 Å². The van der Waals surface area contributed by atoms with Crippen molar-refractivity contribution in [3.05, 3.63) is 53.1 Å². The lowest BCUT2D eigenvalue weighted by Gasteiger charge is -2.36. The second kappa shape index (κ2) is 11.8. The number of benzene rings is 2. The van der Waals surface area contributed by atoms with Gasteiger partial charge in [0.05, 0.1) is 27.3 Å². The quantitative estimate of drug-likeness (QED) is 0.607. The van der Waals surface area contributed by atoms with E-state index >= 15 is 0 Å². The van der Waals surface area contributed by atoms with E-state index in [1.807, 2.05) is 55.1 Å². The standard InChI is InChI=1S/C28H38N4O4/c1-20-7-5-8-21(2)28(20)29-26(33)18-30-13-15-31(16-14-30)27(34)19-32-12-6-9-24(32)23-11-10-22(35-3)17-25(23)36-4/h5,7-8,10-11,17,24H,6,9,12-16,18-19H2,1-4H3,(H,29,33)/t24-/m1/s1. The number of hydrogen-bond acceptors (Lipinski definition) is 6. The molecule has 8 heteroatoms. The van der Waals surface area contributed by atoms with Gasteiger partial charge in [-0.2, -0.15) is 0 Å². The fourth-order valence-electron chi connectivity index (χ4n) is 5.28. The highest BCUT2D eigenvalue weighted by Crippen LogP contribution is 2.38. The molecular weight excluding hydrogens is 456 g/mol. The molecule has 0 bridgehead atoms. The van der Waals surface area contributed by atoms with Crippen molar-refractivity contribution < 1.29 is 19.1 Å². The van der Waals surface area contributed by atoms with Crippen molar-refractivity contribution in [3.8, 4) is 11.5 Å².